The number of aromatic nitrogens is 4. The maximum atomic E-state index is 12.7. The zero-order chi connectivity index (χ0) is 17.8. The van der Waals surface area contributed by atoms with Gasteiger partial charge in [0.1, 0.15) is 4.88 Å². The molecule has 6 nitrogen and oxygen atoms in total. The second kappa shape index (κ2) is 8.08. The van der Waals surface area contributed by atoms with Gasteiger partial charge in [-0.05, 0) is 45.4 Å². The zero-order valence-corrected chi connectivity index (χ0v) is 16.2. The first-order valence-electron chi connectivity index (χ1n) is 9.19. The Kier molecular flexibility index (Phi) is 5.83. The second-order valence-electron chi connectivity index (χ2n) is 6.92. The summed E-state index contributed by atoms with van der Waals surface area (Å²) in [5, 5.41) is 9.47. The molecule has 0 spiro atoms. The minimum Gasteiger partial charge on any atom is -0.338 e. The zero-order valence-electron chi connectivity index (χ0n) is 15.4. The second-order valence-corrected chi connectivity index (χ2v) is 8.12. The molecule has 0 atom stereocenters. The number of unbranched alkanes of at least 4 members (excludes halogenated alkanes) is 1. The molecule has 3 heterocycles. The molecule has 0 N–H and O–H groups in total. The van der Waals surface area contributed by atoms with Crippen molar-refractivity contribution in [1.29, 1.82) is 0 Å². The van der Waals surface area contributed by atoms with E-state index in [0.29, 0.717) is 5.92 Å². The molecule has 7 heteroatoms. The maximum Gasteiger partial charge on any atom is 0.265 e. The third kappa shape index (κ3) is 4.45. The van der Waals surface area contributed by atoms with Gasteiger partial charge in [0.05, 0.1) is 16.4 Å². The number of hydrogen-bond acceptors (Lipinski definition) is 5. The van der Waals surface area contributed by atoms with E-state index >= 15 is 0 Å². The topological polar surface area (TPSA) is 63.9 Å². The van der Waals surface area contributed by atoms with Crippen molar-refractivity contribution < 1.29 is 4.79 Å². The van der Waals surface area contributed by atoms with Gasteiger partial charge in [0.15, 0.2) is 0 Å². The fourth-order valence-electron chi connectivity index (χ4n) is 3.36. The fraction of sp³-hybridized carbons (Fsp3) is 0.667. The molecule has 25 heavy (non-hydrogen) atoms. The van der Waals surface area contributed by atoms with Crippen molar-refractivity contribution >= 4 is 17.2 Å². The fourth-order valence-corrected chi connectivity index (χ4v) is 4.24. The van der Waals surface area contributed by atoms with Gasteiger partial charge in [0.25, 0.3) is 5.91 Å². The highest BCUT2D eigenvalue weighted by molar-refractivity contribution is 7.13. The Balaban J connectivity index is 1.51. The SMILES string of the molecule is CCCCc1cn(CC2CCN(C(=O)c3sc(C)nc3C)CC2)nn1. The van der Waals surface area contributed by atoms with Crippen LogP contribution in [-0.2, 0) is 13.0 Å². The molecule has 0 saturated carbocycles. The Morgan fingerprint density at radius 3 is 2.72 bits per heavy atom. The molecule has 2 aromatic rings. The van der Waals surface area contributed by atoms with Crippen molar-refractivity contribution in [3.8, 4) is 0 Å². The molecule has 1 fully saturated rings. The van der Waals surface area contributed by atoms with E-state index in [-0.39, 0.29) is 5.91 Å². The number of carbonyl (C=O) groups excluding carboxylic acids is 1. The van der Waals surface area contributed by atoms with E-state index in [0.717, 1.165) is 66.6 Å². The molecule has 0 bridgehead atoms. The van der Waals surface area contributed by atoms with Crippen LogP contribution in [0.3, 0.4) is 0 Å². The van der Waals surface area contributed by atoms with E-state index in [4.69, 9.17) is 0 Å². The van der Waals surface area contributed by atoms with Crippen LogP contribution in [0.5, 0.6) is 0 Å². The van der Waals surface area contributed by atoms with Gasteiger partial charge in [-0.3, -0.25) is 9.48 Å². The number of hydrogen-bond donors (Lipinski definition) is 0. The number of thiazole rings is 1. The summed E-state index contributed by atoms with van der Waals surface area (Å²) in [5.41, 5.74) is 1.95. The van der Waals surface area contributed by atoms with Gasteiger partial charge in [0.2, 0.25) is 0 Å². The number of amides is 1. The summed E-state index contributed by atoms with van der Waals surface area (Å²) in [6.07, 6.45) is 7.47. The highest BCUT2D eigenvalue weighted by Gasteiger charge is 2.26. The first-order chi connectivity index (χ1) is 12.1. The predicted molar refractivity (Wildman–Crippen MR) is 98.8 cm³/mol. The van der Waals surface area contributed by atoms with Crippen molar-refractivity contribution in [3.63, 3.8) is 0 Å². The third-order valence-electron chi connectivity index (χ3n) is 4.82. The molecule has 2 aromatic heterocycles. The number of rotatable bonds is 6. The minimum absolute atomic E-state index is 0.143. The lowest BCUT2D eigenvalue weighted by atomic mass is 9.96. The molecule has 3 rings (SSSR count). The van der Waals surface area contributed by atoms with Gasteiger partial charge < -0.3 is 4.90 Å². The van der Waals surface area contributed by atoms with Crippen LogP contribution in [0, 0.1) is 19.8 Å². The molecule has 1 aliphatic rings. The number of likely N-dealkylation sites (tertiary alicyclic amines) is 1. The average molecular weight is 362 g/mol. The predicted octanol–water partition coefficient (Wildman–Crippen LogP) is 3.25. The number of aryl methyl sites for hydroxylation is 3. The lowest BCUT2D eigenvalue weighted by molar-refractivity contribution is 0.0685. The van der Waals surface area contributed by atoms with Gasteiger partial charge in [-0.2, -0.15) is 0 Å². The Bertz CT molecular complexity index is 715. The molecule has 136 valence electrons. The van der Waals surface area contributed by atoms with E-state index in [1.54, 1.807) is 0 Å². The lowest BCUT2D eigenvalue weighted by Gasteiger charge is -2.31. The molecule has 0 unspecified atom stereocenters. The molecular weight excluding hydrogens is 334 g/mol. The Morgan fingerprint density at radius 2 is 2.08 bits per heavy atom. The van der Waals surface area contributed by atoms with Crippen LogP contribution in [-0.4, -0.2) is 43.9 Å². The van der Waals surface area contributed by atoms with Gasteiger partial charge in [-0.15, -0.1) is 16.4 Å². The minimum atomic E-state index is 0.143. The Labute approximate surface area is 153 Å². The molecule has 0 aliphatic carbocycles. The summed E-state index contributed by atoms with van der Waals surface area (Å²) in [4.78, 5) is 19.8. The van der Waals surface area contributed by atoms with Gasteiger partial charge in [0, 0.05) is 25.8 Å². The molecule has 0 aromatic carbocycles. The van der Waals surface area contributed by atoms with E-state index in [1.165, 1.54) is 17.8 Å². The van der Waals surface area contributed by atoms with Gasteiger partial charge in [-0.1, -0.05) is 18.6 Å². The van der Waals surface area contributed by atoms with Crippen molar-refractivity contribution in [3.05, 3.63) is 27.5 Å². The van der Waals surface area contributed by atoms with E-state index in [2.05, 4.69) is 28.4 Å². The van der Waals surface area contributed by atoms with Gasteiger partial charge in [-0.25, -0.2) is 4.98 Å². The van der Waals surface area contributed by atoms with Crippen molar-refractivity contribution in [1.82, 2.24) is 24.9 Å². The van der Waals surface area contributed by atoms with Crippen LogP contribution in [0.1, 0.15) is 58.7 Å². The largest absolute Gasteiger partial charge is 0.338 e. The van der Waals surface area contributed by atoms with Crippen molar-refractivity contribution in [2.75, 3.05) is 13.1 Å². The van der Waals surface area contributed by atoms with Crippen LogP contribution < -0.4 is 0 Å². The van der Waals surface area contributed by atoms with Crippen LogP contribution in [0.25, 0.3) is 0 Å². The van der Waals surface area contributed by atoms with Crippen molar-refractivity contribution in [2.24, 2.45) is 5.92 Å². The molecular formula is C18H27N5OS. The first kappa shape index (κ1) is 18.0. The van der Waals surface area contributed by atoms with Crippen LogP contribution in [0.2, 0.25) is 0 Å². The van der Waals surface area contributed by atoms with E-state index in [1.807, 2.05) is 23.4 Å². The summed E-state index contributed by atoms with van der Waals surface area (Å²) < 4.78 is 1.98. The summed E-state index contributed by atoms with van der Waals surface area (Å²) >= 11 is 1.50. The van der Waals surface area contributed by atoms with Crippen molar-refractivity contribution in [2.45, 2.75) is 59.4 Å². The first-order valence-corrected chi connectivity index (χ1v) is 10.0. The van der Waals surface area contributed by atoms with Crippen LogP contribution in [0.15, 0.2) is 6.20 Å². The lowest BCUT2D eigenvalue weighted by Crippen LogP contribution is -2.39. The normalized spacial score (nSPS) is 15.7. The molecule has 0 radical (unpaired) electrons. The third-order valence-corrected chi connectivity index (χ3v) is 5.88. The maximum absolute atomic E-state index is 12.7. The quantitative estimate of drug-likeness (QED) is 0.792. The summed E-state index contributed by atoms with van der Waals surface area (Å²) in [6, 6.07) is 0. The summed E-state index contributed by atoms with van der Waals surface area (Å²) in [6.45, 7) is 8.60. The van der Waals surface area contributed by atoms with E-state index in [9.17, 15) is 4.79 Å². The summed E-state index contributed by atoms with van der Waals surface area (Å²) in [5.74, 6) is 0.707. The van der Waals surface area contributed by atoms with Crippen LogP contribution >= 0.6 is 11.3 Å². The molecule has 1 aliphatic heterocycles. The number of nitrogens with zero attached hydrogens (tertiary/aromatic N) is 5. The number of carbonyl (C=O) groups is 1. The van der Waals surface area contributed by atoms with Crippen LogP contribution in [0.4, 0.5) is 0 Å². The Hall–Kier alpha value is -1.76. The highest BCUT2D eigenvalue weighted by atomic mass is 32.1. The Morgan fingerprint density at radius 1 is 1.32 bits per heavy atom. The monoisotopic (exact) mass is 361 g/mol. The molecule has 1 saturated heterocycles. The van der Waals surface area contributed by atoms with Gasteiger partial charge >= 0.3 is 0 Å². The summed E-state index contributed by atoms with van der Waals surface area (Å²) in [7, 11) is 0. The van der Waals surface area contributed by atoms with E-state index < -0.39 is 0 Å². The standard InChI is InChI=1S/C18H27N5OS/c1-4-5-6-16-12-23(21-20-16)11-15-7-9-22(10-8-15)18(24)17-13(2)19-14(3)25-17/h12,15H,4-11H2,1-3H3. The average Bonchev–Trinajstić information content (AvgIpc) is 3.18. The molecule has 1 amide bonds. The number of piperidine rings is 1. The highest BCUT2D eigenvalue weighted by Crippen LogP contribution is 2.24. The smallest absolute Gasteiger partial charge is 0.265 e.